The Bertz CT molecular complexity index is 669. The van der Waals surface area contributed by atoms with Gasteiger partial charge in [-0.15, -0.1) is 5.10 Å². The standard InChI is InChI=1S/C16H24N4O3S/c21-24(22,19-8-1-2-9-19)20-10-7-13(11-20)12-23-16-6-5-15(17-18-16)14-3-4-14/h5-6,13-14H,1-4,7-12H2. The molecule has 2 saturated heterocycles. The van der Waals surface area contributed by atoms with Gasteiger partial charge in [-0.05, 0) is 38.2 Å². The Balaban J connectivity index is 1.29. The summed E-state index contributed by atoms with van der Waals surface area (Å²) in [4.78, 5) is 0. The van der Waals surface area contributed by atoms with E-state index >= 15 is 0 Å². The quantitative estimate of drug-likeness (QED) is 0.773. The van der Waals surface area contributed by atoms with Gasteiger partial charge in [0.1, 0.15) is 0 Å². The molecule has 1 atom stereocenters. The lowest BCUT2D eigenvalue weighted by atomic mass is 10.1. The molecule has 4 rings (SSSR count). The third-order valence-electron chi connectivity index (χ3n) is 5.09. The van der Waals surface area contributed by atoms with Crippen LogP contribution in [0.15, 0.2) is 12.1 Å². The largest absolute Gasteiger partial charge is 0.476 e. The van der Waals surface area contributed by atoms with Crippen molar-refractivity contribution >= 4 is 10.2 Å². The second-order valence-electron chi connectivity index (χ2n) is 7.01. The third-order valence-corrected chi connectivity index (χ3v) is 7.09. The minimum atomic E-state index is -3.28. The van der Waals surface area contributed by atoms with E-state index in [0.717, 1.165) is 25.0 Å². The highest BCUT2D eigenvalue weighted by atomic mass is 32.2. The summed E-state index contributed by atoms with van der Waals surface area (Å²) in [6.45, 7) is 2.92. The van der Waals surface area contributed by atoms with Gasteiger partial charge >= 0.3 is 0 Å². The molecule has 2 aliphatic heterocycles. The molecule has 0 N–H and O–H groups in total. The molecule has 132 valence electrons. The fraction of sp³-hybridized carbons (Fsp3) is 0.750. The van der Waals surface area contributed by atoms with Gasteiger partial charge in [0.25, 0.3) is 10.2 Å². The molecule has 1 saturated carbocycles. The highest BCUT2D eigenvalue weighted by Crippen LogP contribution is 2.38. The molecule has 3 heterocycles. The summed E-state index contributed by atoms with van der Waals surface area (Å²) in [5, 5.41) is 8.32. The van der Waals surface area contributed by atoms with Crippen LogP contribution in [-0.4, -0.2) is 60.0 Å². The SMILES string of the molecule is O=S(=O)(N1CCCC1)N1CCC(COc2ccc(C3CC3)nn2)C1. The Labute approximate surface area is 143 Å². The zero-order chi connectivity index (χ0) is 16.6. The van der Waals surface area contributed by atoms with Crippen molar-refractivity contribution in [2.45, 2.75) is 38.0 Å². The predicted octanol–water partition coefficient (Wildman–Crippen LogP) is 1.40. The summed E-state index contributed by atoms with van der Waals surface area (Å²) in [6.07, 6.45) is 5.18. The molecular weight excluding hydrogens is 328 g/mol. The number of ether oxygens (including phenoxy) is 1. The van der Waals surface area contributed by atoms with Crippen LogP contribution in [0.2, 0.25) is 0 Å². The van der Waals surface area contributed by atoms with Gasteiger partial charge in [-0.25, -0.2) is 0 Å². The molecule has 1 unspecified atom stereocenters. The smallest absolute Gasteiger partial charge is 0.281 e. The number of hydrogen-bond acceptors (Lipinski definition) is 5. The molecule has 1 aliphatic carbocycles. The zero-order valence-corrected chi connectivity index (χ0v) is 14.6. The molecule has 0 amide bonds. The van der Waals surface area contributed by atoms with Gasteiger partial charge in [-0.2, -0.15) is 22.1 Å². The number of aromatic nitrogens is 2. The topological polar surface area (TPSA) is 75.6 Å². The van der Waals surface area contributed by atoms with Gasteiger partial charge in [0, 0.05) is 44.1 Å². The third kappa shape index (κ3) is 3.41. The number of rotatable bonds is 6. The first-order valence-electron chi connectivity index (χ1n) is 8.84. The van der Waals surface area contributed by atoms with Crippen molar-refractivity contribution in [1.29, 1.82) is 0 Å². The Hall–Kier alpha value is -1.25. The van der Waals surface area contributed by atoms with Crippen LogP contribution >= 0.6 is 0 Å². The fourth-order valence-electron chi connectivity index (χ4n) is 3.43. The Kier molecular flexibility index (Phi) is 4.44. The molecule has 8 heteroatoms. The van der Waals surface area contributed by atoms with Crippen molar-refractivity contribution in [3.63, 3.8) is 0 Å². The molecule has 0 aromatic carbocycles. The van der Waals surface area contributed by atoms with Gasteiger partial charge in [0.05, 0.1) is 12.3 Å². The maximum atomic E-state index is 12.6. The lowest BCUT2D eigenvalue weighted by molar-refractivity contribution is 0.243. The molecule has 0 radical (unpaired) electrons. The maximum absolute atomic E-state index is 12.6. The first kappa shape index (κ1) is 16.2. The lowest BCUT2D eigenvalue weighted by Gasteiger charge is -2.23. The highest BCUT2D eigenvalue weighted by molar-refractivity contribution is 7.86. The predicted molar refractivity (Wildman–Crippen MR) is 88.9 cm³/mol. The minimum Gasteiger partial charge on any atom is -0.476 e. The molecule has 0 bridgehead atoms. The van der Waals surface area contributed by atoms with Crippen molar-refractivity contribution < 1.29 is 13.2 Å². The van der Waals surface area contributed by atoms with E-state index in [0.29, 0.717) is 44.6 Å². The zero-order valence-electron chi connectivity index (χ0n) is 13.8. The van der Waals surface area contributed by atoms with Gasteiger partial charge in [-0.1, -0.05) is 0 Å². The second kappa shape index (κ2) is 6.57. The van der Waals surface area contributed by atoms with E-state index in [1.54, 1.807) is 8.61 Å². The number of hydrogen-bond donors (Lipinski definition) is 0. The summed E-state index contributed by atoms with van der Waals surface area (Å²) >= 11 is 0. The van der Waals surface area contributed by atoms with Crippen LogP contribution in [0, 0.1) is 5.92 Å². The van der Waals surface area contributed by atoms with Gasteiger partial charge in [-0.3, -0.25) is 0 Å². The van der Waals surface area contributed by atoms with E-state index in [1.807, 2.05) is 12.1 Å². The molecule has 0 spiro atoms. The number of nitrogens with zero attached hydrogens (tertiary/aromatic N) is 4. The van der Waals surface area contributed by atoms with E-state index in [1.165, 1.54) is 12.8 Å². The van der Waals surface area contributed by atoms with Crippen LogP contribution in [0.5, 0.6) is 5.88 Å². The maximum Gasteiger partial charge on any atom is 0.281 e. The van der Waals surface area contributed by atoms with Crippen molar-refractivity contribution in [2.75, 3.05) is 32.8 Å². The van der Waals surface area contributed by atoms with Crippen LogP contribution in [0.4, 0.5) is 0 Å². The summed E-state index contributed by atoms with van der Waals surface area (Å²) in [5.41, 5.74) is 1.05. The first-order valence-corrected chi connectivity index (χ1v) is 10.2. The van der Waals surface area contributed by atoms with Crippen LogP contribution in [0.3, 0.4) is 0 Å². The Morgan fingerprint density at radius 3 is 2.50 bits per heavy atom. The van der Waals surface area contributed by atoms with Crippen molar-refractivity contribution in [2.24, 2.45) is 5.92 Å². The summed E-state index contributed by atoms with van der Waals surface area (Å²) < 4.78 is 34.0. The van der Waals surface area contributed by atoms with Gasteiger partial charge in [0.15, 0.2) is 0 Å². The van der Waals surface area contributed by atoms with E-state index < -0.39 is 10.2 Å². The summed E-state index contributed by atoms with van der Waals surface area (Å²) in [6, 6.07) is 3.85. The van der Waals surface area contributed by atoms with E-state index in [9.17, 15) is 8.42 Å². The van der Waals surface area contributed by atoms with E-state index in [2.05, 4.69) is 10.2 Å². The minimum absolute atomic E-state index is 0.215. The monoisotopic (exact) mass is 352 g/mol. The normalized spacial score (nSPS) is 26.1. The summed E-state index contributed by atoms with van der Waals surface area (Å²) in [7, 11) is -3.28. The molecule has 1 aromatic heterocycles. The van der Waals surface area contributed by atoms with Crippen molar-refractivity contribution in [1.82, 2.24) is 18.8 Å². The molecule has 1 aromatic rings. The van der Waals surface area contributed by atoms with E-state index in [4.69, 9.17) is 4.74 Å². The van der Waals surface area contributed by atoms with Crippen molar-refractivity contribution in [3.05, 3.63) is 17.8 Å². The highest BCUT2D eigenvalue weighted by Gasteiger charge is 2.36. The van der Waals surface area contributed by atoms with Crippen LogP contribution in [-0.2, 0) is 10.2 Å². The molecule has 7 nitrogen and oxygen atoms in total. The molecule has 24 heavy (non-hydrogen) atoms. The van der Waals surface area contributed by atoms with Crippen LogP contribution < -0.4 is 4.74 Å². The van der Waals surface area contributed by atoms with Gasteiger partial charge < -0.3 is 4.74 Å². The average molecular weight is 352 g/mol. The van der Waals surface area contributed by atoms with Crippen molar-refractivity contribution in [3.8, 4) is 5.88 Å². The molecule has 3 fully saturated rings. The van der Waals surface area contributed by atoms with E-state index in [-0.39, 0.29) is 5.92 Å². The average Bonchev–Trinajstić information content (AvgIpc) is 3.09. The summed E-state index contributed by atoms with van der Waals surface area (Å²) in [5.74, 6) is 1.33. The second-order valence-corrected chi connectivity index (χ2v) is 8.94. The first-order chi connectivity index (χ1) is 11.6. The van der Waals surface area contributed by atoms with Crippen LogP contribution in [0.1, 0.15) is 43.7 Å². The molecule has 3 aliphatic rings. The fourth-order valence-corrected chi connectivity index (χ4v) is 5.21. The van der Waals surface area contributed by atoms with Gasteiger partial charge in [0.2, 0.25) is 5.88 Å². The molecular formula is C16H24N4O3S. The Morgan fingerprint density at radius 2 is 1.83 bits per heavy atom. The van der Waals surface area contributed by atoms with Crippen LogP contribution in [0.25, 0.3) is 0 Å². The Morgan fingerprint density at radius 1 is 1.04 bits per heavy atom. The lowest BCUT2D eigenvalue weighted by Crippen LogP contribution is -2.41.